The number of carbonyl (C=O) groups excluding carboxylic acids is 1. The summed E-state index contributed by atoms with van der Waals surface area (Å²) in [5, 5.41) is 0. The van der Waals surface area contributed by atoms with E-state index >= 15 is 0 Å². The second kappa shape index (κ2) is 3.45. The van der Waals surface area contributed by atoms with Crippen molar-refractivity contribution in [2.24, 2.45) is 0 Å². The van der Waals surface area contributed by atoms with Crippen molar-refractivity contribution in [2.75, 3.05) is 0 Å². The largest absolute Gasteiger partial charge is 0.296 e. The van der Waals surface area contributed by atoms with Crippen molar-refractivity contribution in [3.05, 3.63) is 14.5 Å². The van der Waals surface area contributed by atoms with Gasteiger partial charge in [0.25, 0.3) is 0 Å². The molecule has 0 aliphatic carbocycles. The average Bonchev–Trinajstić information content (AvgIpc) is 2.30. The number of halogens is 1. The van der Waals surface area contributed by atoms with Gasteiger partial charge in [-0.25, -0.2) is 4.98 Å². The molecule has 0 aliphatic rings. The number of carbonyl (C=O) groups is 1. The lowest BCUT2D eigenvalue weighted by Gasteiger charge is -1.98. The number of hydrogen-bond donors (Lipinski definition) is 0. The van der Waals surface area contributed by atoms with Crippen molar-refractivity contribution in [3.63, 3.8) is 0 Å². The van der Waals surface area contributed by atoms with Gasteiger partial charge in [0.1, 0.15) is 5.69 Å². The molecule has 0 saturated heterocycles. The van der Waals surface area contributed by atoms with Crippen LogP contribution in [0.2, 0.25) is 0 Å². The molecule has 0 spiro atoms. The van der Waals surface area contributed by atoms with E-state index in [1.165, 1.54) is 11.3 Å². The van der Waals surface area contributed by atoms with Crippen LogP contribution in [0.1, 0.15) is 35.1 Å². The Morgan fingerprint density at radius 2 is 2.27 bits per heavy atom. The summed E-state index contributed by atoms with van der Waals surface area (Å²) >= 11 is 4.76. The maximum Gasteiger partial charge on any atom is 0.169 e. The van der Waals surface area contributed by atoms with Gasteiger partial charge in [0.05, 0.1) is 0 Å². The number of hydrogen-bond acceptors (Lipinski definition) is 3. The molecule has 0 bridgehead atoms. The minimum absolute atomic E-state index is 0.374. The summed E-state index contributed by atoms with van der Waals surface area (Å²) in [6.45, 7) is 4.10. The lowest BCUT2D eigenvalue weighted by atomic mass is 10.1. The lowest BCUT2D eigenvalue weighted by Crippen LogP contribution is -1.89. The van der Waals surface area contributed by atoms with E-state index in [0.717, 1.165) is 15.1 Å². The molecule has 4 heteroatoms. The quantitative estimate of drug-likeness (QED) is 0.736. The molecule has 0 atom stereocenters. The van der Waals surface area contributed by atoms with Gasteiger partial charge in [-0.1, -0.05) is 13.8 Å². The standard InChI is InChI=1S/C7H8BrNOS/c1-4(2)6-5(3-10)9-7(8)11-6/h3-4H,1-2H3. The lowest BCUT2D eigenvalue weighted by molar-refractivity contribution is 0.111. The summed E-state index contributed by atoms with van der Waals surface area (Å²) in [4.78, 5) is 15.5. The molecule has 0 radical (unpaired) electrons. The Morgan fingerprint density at radius 1 is 1.64 bits per heavy atom. The van der Waals surface area contributed by atoms with Gasteiger partial charge in [-0.2, -0.15) is 0 Å². The zero-order chi connectivity index (χ0) is 8.43. The third-order valence-corrected chi connectivity index (χ3v) is 3.11. The second-order valence-corrected chi connectivity index (χ2v) is 4.80. The molecule has 0 aromatic carbocycles. The van der Waals surface area contributed by atoms with Crippen LogP contribution in [0.5, 0.6) is 0 Å². The number of aromatic nitrogens is 1. The third-order valence-electron chi connectivity index (χ3n) is 1.29. The molecule has 1 rings (SSSR count). The number of thiazole rings is 1. The Kier molecular flexibility index (Phi) is 2.78. The van der Waals surface area contributed by atoms with Crippen molar-refractivity contribution in [3.8, 4) is 0 Å². The van der Waals surface area contributed by atoms with Crippen LogP contribution >= 0.6 is 27.3 Å². The van der Waals surface area contributed by atoms with Crippen LogP contribution < -0.4 is 0 Å². The minimum Gasteiger partial charge on any atom is -0.296 e. The molecular formula is C7H8BrNOS. The highest BCUT2D eigenvalue weighted by Gasteiger charge is 2.11. The van der Waals surface area contributed by atoms with Gasteiger partial charge in [0.15, 0.2) is 10.2 Å². The van der Waals surface area contributed by atoms with Crippen LogP contribution in [0.15, 0.2) is 3.92 Å². The van der Waals surface area contributed by atoms with Gasteiger partial charge < -0.3 is 0 Å². The topological polar surface area (TPSA) is 30.0 Å². The van der Waals surface area contributed by atoms with E-state index in [9.17, 15) is 4.79 Å². The van der Waals surface area contributed by atoms with Gasteiger partial charge in [0, 0.05) is 4.88 Å². The van der Waals surface area contributed by atoms with E-state index in [1.54, 1.807) is 0 Å². The molecule has 0 fully saturated rings. The average molecular weight is 234 g/mol. The highest BCUT2D eigenvalue weighted by atomic mass is 79.9. The van der Waals surface area contributed by atoms with Crippen LogP contribution in [0.3, 0.4) is 0 Å². The molecular weight excluding hydrogens is 226 g/mol. The molecule has 2 nitrogen and oxygen atoms in total. The predicted molar refractivity (Wildman–Crippen MR) is 49.3 cm³/mol. The molecule has 60 valence electrons. The highest BCUT2D eigenvalue weighted by Crippen LogP contribution is 2.28. The fourth-order valence-corrected chi connectivity index (χ4v) is 2.29. The molecule has 0 amide bonds. The Balaban J connectivity index is 3.11. The molecule has 0 unspecified atom stereocenters. The maximum absolute atomic E-state index is 10.5. The molecule has 1 aromatic rings. The Bertz CT molecular complexity index is 269. The van der Waals surface area contributed by atoms with Crippen LogP contribution in [-0.4, -0.2) is 11.3 Å². The molecule has 1 aromatic heterocycles. The number of aldehydes is 1. The maximum atomic E-state index is 10.5. The third kappa shape index (κ3) is 1.87. The molecule has 0 N–H and O–H groups in total. The fourth-order valence-electron chi connectivity index (χ4n) is 0.814. The van der Waals surface area contributed by atoms with Gasteiger partial charge >= 0.3 is 0 Å². The Labute approximate surface area is 77.8 Å². The smallest absolute Gasteiger partial charge is 0.169 e. The minimum atomic E-state index is 0.374. The zero-order valence-electron chi connectivity index (χ0n) is 6.30. The van der Waals surface area contributed by atoms with E-state index in [1.807, 2.05) is 13.8 Å². The van der Waals surface area contributed by atoms with E-state index in [2.05, 4.69) is 20.9 Å². The van der Waals surface area contributed by atoms with E-state index in [0.29, 0.717) is 11.6 Å². The van der Waals surface area contributed by atoms with E-state index < -0.39 is 0 Å². The Hall–Kier alpha value is -0.220. The first-order chi connectivity index (χ1) is 5.15. The first-order valence-corrected chi connectivity index (χ1v) is 4.87. The summed E-state index contributed by atoms with van der Waals surface area (Å²) in [5.41, 5.74) is 0.567. The summed E-state index contributed by atoms with van der Waals surface area (Å²) in [6, 6.07) is 0. The van der Waals surface area contributed by atoms with Crippen LogP contribution in [0, 0.1) is 0 Å². The normalized spacial score (nSPS) is 10.5. The summed E-state index contributed by atoms with van der Waals surface area (Å²) < 4.78 is 0.781. The number of nitrogens with zero attached hydrogens (tertiary/aromatic N) is 1. The van der Waals surface area contributed by atoms with Gasteiger partial charge in [-0.15, -0.1) is 11.3 Å². The van der Waals surface area contributed by atoms with Crippen LogP contribution in [0.4, 0.5) is 0 Å². The monoisotopic (exact) mass is 233 g/mol. The molecule has 0 saturated carbocycles. The van der Waals surface area contributed by atoms with Crippen LogP contribution in [-0.2, 0) is 0 Å². The van der Waals surface area contributed by atoms with Crippen molar-refractivity contribution in [1.29, 1.82) is 0 Å². The Morgan fingerprint density at radius 3 is 2.64 bits per heavy atom. The zero-order valence-corrected chi connectivity index (χ0v) is 8.70. The SMILES string of the molecule is CC(C)c1sc(Br)nc1C=O. The van der Waals surface area contributed by atoms with Crippen molar-refractivity contribution >= 4 is 33.6 Å². The molecule has 11 heavy (non-hydrogen) atoms. The first kappa shape index (κ1) is 8.87. The van der Waals surface area contributed by atoms with E-state index in [4.69, 9.17) is 0 Å². The van der Waals surface area contributed by atoms with Gasteiger partial charge in [-0.05, 0) is 21.8 Å². The summed E-state index contributed by atoms with van der Waals surface area (Å²) in [5.74, 6) is 0.374. The van der Waals surface area contributed by atoms with Crippen molar-refractivity contribution < 1.29 is 4.79 Å². The van der Waals surface area contributed by atoms with Gasteiger partial charge in [-0.3, -0.25) is 4.79 Å². The summed E-state index contributed by atoms with van der Waals surface area (Å²) in [7, 11) is 0. The van der Waals surface area contributed by atoms with E-state index in [-0.39, 0.29) is 0 Å². The van der Waals surface area contributed by atoms with Gasteiger partial charge in [0.2, 0.25) is 0 Å². The summed E-state index contributed by atoms with van der Waals surface area (Å²) in [6.07, 6.45) is 0.802. The second-order valence-electron chi connectivity index (χ2n) is 2.49. The van der Waals surface area contributed by atoms with Crippen molar-refractivity contribution in [2.45, 2.75) is 19.8 Å². The molecule has 1 heterocycles. The van der Waals surface area contributed by atoms with Crippen molar-refractivity contribution in [1.82, 2.24) is 4.98 Å². The molecule has 0 aliphatic heterocycles. The van der Waals surface area contributed by atoms with Crippen LogP contribution in [0.25, 0.3) is 0 Å². The first-order valence-electron chi connectivity index (χ1n) is 3.26. The number of rotatable bonds is 2. The predicted octanol–water partition coefficient (Wildman–Crippen LogP) is 2.84. The fraction of sp³-hybridized carbons (Fsp3) is 0.429. The highest BCUT2D eigenvalue weighted by molar-refractivity contribution is 9.11.